The molecule has 0 fully saturated rings. The van der Waals surface area contributed by atoms with Crippen LogP contribution in [0.1, 0.15) is 39.2 Å². The largest absolute Gasteiger partial charge is 0.347 e. The second kappa shape index (κ2) is 9.20. The zero-order chi connectivity index (χ0) is 16.5. The molecule has 0 aliphatic rings. The Morgan fingerprint density at radius 1 is 1.05 bits per heavy atom. The Balaban J connectivity index is 2.42. The first-order valence-corrected chi connectivity index (χ1v) is 7.89. The predicted octanol–water partition coefficient (Wildman–Crippen LogP) is 2.21. The quantitative estimate of drug-likeness (QED) is 0.759. The van der Waals surface area contributed by atoms with Gasteiger partial charge in [0.2, 0.25) is 0 Å². The normalized spacial score (nSPS) is 10.8. The third-order valence-electron chi connectivity index (χ3n) is 3.65. The van der Waals surface area contributed by atoms with Gasteiger partial charge in [-0.15, -0.1) is 0 Å². The zero-order valence-corrected chi connectivity index (χ0v) is 14.0. The van der Waals surface area contributed by atoms with Crippen molar-refractivity contribution in [2.45, 2.75) is 33.6 Å². The van der Waals surface area contributed by atoms with Crippen LogP contribution in [0.2, 0.25) is 0 Å². The van der Waals surface area contributed by atoms with Gasteiger partial charge in [-0.2, -0.15) is 0 Å². The van der Waals surface area contributed by atoms with Crippen LogP contribution in [0.25, 0.3) is 0 Å². The molecule has 1 rings (SSSR count). The van der Waals surface area contributed by atoms with Gasteiger partial charge in [0.05, 0.1) is 0 Å². The number of carbonyl (C=O) groups excluding carboxylic acids is 2. The maximum atomic E-state index is 11.8. The van der Waals surface area contributed by atoms with Gasteiger partial charge in [0.15, 0.2) is 0 Å². The molecule has 0 saturated carbocycles. The van der Waals surface area contributed by atoms with Crippen molar-refractivity contribution in [2.75, 3.05) is 31.5 Å². The maximum Gasteiger partial charge on any atom is 0.313 e. The molecule has 1 aromatic carbocycles. The molecule has 0 bridgehead atoms. The molecule has 0 saturated heterocycles. The lowest BCUT2D eigenvalue weighted by Crippen LogP contribution is -2.40. The lowest BCUT2D eigenvalue weighted by Gasteiger charge is -2.17. The number of hydrogen-bond donors (Lipinski definition) is 2. The Hall–Kier alpha value is -1.88. The molecule has 0 unspecified atom stereocenters. The second-order valence-corrected chi connectivity index (χ2v) is 5.51. The number of nitrogens with one attached hydrogen (secondary N) is 2. The van der Waals surface area contributed by atoms with E-state index in [1.54, 1.807) is 0 Å². The summed E-state index contributed by atoms with van der Waals surface area (Å²) in [6, 6.07) is 7.55. The molecule has 122 valence electrons. The van der Waals surface area contributed by atoms with Crippen molar-refractivity contribution in [3.63, 3.8) is 0 Å². The van der Waals surface area contributed by atoms with Crippen molar-refractivity contribution in [1.29, 1.82) is 0 Å². The van der Waals surface area contributed by atoms with Crippen molar-refractivity contribution in [2.24, 2.45) is 0 Å². The molecule has 2 N–H and O–H groups in total. The van der Waals surface area contributed by atoms with E-state index in [2.05, 4.69) is 43.2 Å². The molecule has 0 aliphatic heterocycles. The summed E-state index contributed by atoms with van der Waals surface area (Å²) in [5.41, 5.74) is 1.83. The molecular weight excluding hydrogens is 278 g/mol. The number of carbonyl (C=O) groups is 2. The summed E-state index contributed by atoms with van der Waals surface area (Å²) in [4.78, 5) is 25.7. The Bertz CT molecular complexity index is 479. The van der Waals surface area contributed by atoms with E-state index in [1.807, 2.05) is 24.3 Å². The number of anilines is 1. The highest BCUT2D eigenvalue weighted by molar-refractivity contribution is 6.39. The van der Waals surface area contributed by atoms with Crippen LogP contribution in [0, 0.1) is 0 Å². The monoisotopic (exact) mass is 305 g/mol. The van der Waals surface area contributed by atoms with E-state index < -0.39 is 11.8 Å². The van der Waals surface area contributed by atoms with Gasteiger partial charge in [-0.25, -0.2) is 0 Å². The number of benzene rings is 1. The van der Waals surface area contributed by atoms with Gasteiger partial charge >= 0.3 is 11.8 Å². The van der Waals surface area contributed by atoms with Crippen molar-refractivity contribution < 1.29 is 9.59 Å². The minimum absolute atomic E-state index is 0.438. The van der Waals surface area contributed by atoms with Crippen LogP contribution < -0.4 is 10.6 Å². The number of rotatable bonds is 7. The van der Waals surface area contributed by atoms with Gasteiger partial charge in [-0.1, -0.05) is 39.8 Å². The molecule has 5 heteroatoms. The Labute approximate surface area is 133 Å². The number of likely N-dealkylation sites (N-methyl/N-ethyl adjacent to an activating group) is 1. The van der Waals surface area contributed by atoms with Crippen LogP contribution in [-0.2, 0) is 9.59 Å². The smallest absolute Gasteiger partial charge is 0.313 e. The summed E-state index contributed by atoms with van der Waals surface area (Å²) in [5.74, 6) is -0.787. The molecule has 2 amide bonds. The SMILES string of the molecule is CCN(CC)CCNC(=O)C(=O)Nc1ccc(C(C)C)cc1. The van der Waals surface area contributed by atoms with Crippen molar-refractivity contribution >= 4 is 17.5 Å². The molecule has 0 aliphatic carbocycles. The van der Waals surface area contributed by atoms with Crippen molar-refractivity contribution in [1.82, 2.24) is 10.2 Å². The van der Waals surface area contributed by atoms with E-state index in [0.717, 1.165) is 19.6 Å². The van der Waals surface area contributed by atoms with Crippen LogP contribution in [0.15, 0.2) is 24.3 Å². The summed E-state index contributed by atoms with van der Waals surface area (Å²) in [7, 11) is 0. The average Bonchev–Trinajstić information content (AvgIpc) is 2.51. The third-order valence-corrected chi connectivity index (χ3v) is 3.65. The first-order chi connectivity index (χ1) is 10.5. The Kier molecular flexibility index (Phi) is 7.60. The van der Waals surface area contributed by atoms with Crippen LogP contribution in [-0.4, -0.2) is 42.9 Å². The molecule has 22 heavy (non-hydrogen) atoms. The summed E-state index contributed by atoms with van der Waals surface area (Å²) in [5, 5.41) is 5.25. The molecule has 0 heterocycles. The zero-order valence-electron chi connectivity index (χ0n) is 14.0. The van der Waals surface area contributed by atoms with Crippen LogP contribution >= 0.6 is 0 Å². The van der Waals surface area contributed by atoms with Crippen LogP contribution in [0.3, 0.4) is 0 Å². The van der Waals surface area contributed by atoms with Crippen LogP contribution in [0.4, 0.5) is 5.69 Å². The van der Waals surface area contributed by atoms with Gasteiger partial charge in [-0.05, 0) is 36.7 Å². The van der Waals surface area contributed by atoms with E-state index >= 15 is 0 Å². The first-order valence-electron chi connectivity index (χ1n) is 7.89. The second-order valence-electron chi connectivity index (χ2n) is 5.51. The fourth-order valence-corrected chi connectivity index (χ4v) is 2.09. The minimum Gasteiger partial charge on any atom is -0.347 e. The molecule has 5 nitrogen and oxygen atoms in total. The minimum atomic E-state index is -0.628. The lowest BCUT2D eigenvalue weighted by atomic mass is 10.0. The predicted molar refractivity (Wildman–Crippen MR) is 90.0 cm³/mol. The molecule has 0 radical (unpaired) electrons. The van der Waals surface area contributed by atoms with E-state index in [9.17, 15) is 9.59 Å². The standard InChI is InChI=1S/C17H27N3O2/c1-5-20(6-2)12-11-18-16(21)17(22)19-15-9-7-14(8-10-15)13(3)4/h7-10,13H,5-6,11-12H2,1-4H3,(H,18,21)(H,19,22). The number of nitrogens with zero attached hydrogens (tertiary/aromatic N) is 1. The Morgan fingerprint density at radius 3 is 2.14 bits per heavy atom. The number of hydrogen-bond acceptors (Lipinski definition) is 3. The summed E-state index contributed by atoms with van der Waals surface area (Å²) >= 11 is 0. The highest BCUT2D eigenvalue weighted by Crippen LogP contribution is 2.16. The van der Waals surface area contributed by atoms with Gasteiger partial charge in [0, 0.05) is 18.8 Å². The highest BCUT2D eigenvalue weighted by Gasteiger charge is 2.13. The Morgan fingerprint density at radius 2 is 1.64 bits per heavy atom. The summed E-state index contributed by atoms with van der Waals surface area (Å²) in [6.07, 6.45) is 0. The van der Waals surface area contributed by atoms with Gasteiger partial charge in [-0.3, -0.25) is 9.59 Å². The van der Waals surface area contributed by atoms with Crippen molar-refractivity contribution in [3.05, 3.63) is 29.8 Å². The molecule has 0 spiro atoms. The molecule has 0 atom stereocenters. The van der Waals surface area contributed by atoms with Gasteiger partial charge < -0.3 is 15.5 Å². The summed E-state index contributed by atoms with van der Waals surface area (Å²) in [6.45, 7) is 11.4. The third kappa shape index (κ3) is 5.85. The maximum absolute atomic E-state index is 11.8. The van der Waals surface area contributed by atoms with E-state index in [-0.39, 0.29) is 0 Å². The lowest BCUT2D eigenvalue weighted by molar-refractivity contribution is -0.136. The van der Waals surface area contributed by atoms with Crippen molar-refractivity contribution in [3.8, 4) is 0 Å². The highest BCUT2D eigenvalue weighted by atomic mass is 16.2. The van der Waals surface area contributed by atoms with E-state index in [0.29, 0.717) is 18.2 Å². The fraction of sp³-hybridized carbons (Fsp3) is 0.529. The average molecular weight is 305 g/mol. The van der Waals surface area contributed by atoms with Crippen LogP contribution in [0.5, 0.6) is 0 Å². The van der Waals surface area contributed by atoms with Gasteiger partial charge in [0.1, 0.15) is 0 Å². The molecular formula is C17H27N3O2. The van der Waals surface area contributed by atoms with E-state index in [1.165, 1.54) is 5.56 Å². The molecule has 1 aromatic rings. The number of amides is 2. The van der Waals surface area contributed by atoms with E-state index in [4.69, 9.17) is 0 Å². The fourth-order valence-electron chi connectivity index (χ4n) is 2.09. The first kappa shape index (κ1) is 18.2. The molecule has 0 aromatic heterocycles. The topological polar surface area (TPSA) is 61.4 Å². The summed E-state index contributed by atoms with van der Waals surface area (Å²) < 4.78 is 0. The van der Waals surface area contributed by atoms with Gasteiger partial charge in [0.25, 0.3) is 0 Å².